The first-order valence-electron chi connectivity index (χ1n) is 8.93. The minimum atomic E-state index is -0.0617. The van der Waals surface area contributed by atoms with E-state index in [1.54, 1.807) is 0 Å². The molecule has 2 aliphatic heterocycles. The summed E-state index contributed by atoms with van der Waals surface area (Å²) in [6.07, 6.45) is 1.91. The van der Waals surface area contributed by atoms with E-state index in [1.807, 2.05) is 6.20 Å². The van der Waals surface area contributed by atoms with Crippen LogP contribution in [0.5, 0.6) is 0 Å². The van der Waals surface area contributed by atoms with E-state index in [4.69, 9.17) is 4.98 Å². The van der Waals surface area contributed by atoms with E-state index >= 15 is 0 Å². The average Bonchev–Trinajstić information content (AvgIpc) is 2.61. The van der Waals surface area contributed by atoms with E-state index in [1.165, 1.54) is 33.6 Å². The fourth-order valence-electron chi connectivity index (χ4n) is 4.68. The zero-order valence-electron chi connectivity index (χ0n) is 15.2. The Morgan fingerprint density at radius 2 is 1.28 bits per heavy atom. The number of hydrogen-bond acceptors (Lipinski definition) is 2. The number of aromatic nitrogens is 1. The molecule has 0 saturated heterocycles. The molecule has 0 aliphatic carbocycles. The van der Waals surface area contributed by atoms with E-state index in [9.17, 15) is 0 Å². The van der Waals surface area contributed by atoms with Gasteiger partial charge in [-0.2, -0.15) is 0 Å². The van der Waals surface area contributed by atoms with Crippen LogP contribution in [0.3, 0.4) is 0 Å². The molecule has 0 atom stereocenters. The highest BCUT2D eigenvalue weighted by molar-refractivity contribution is 5.91. The number of nitrogens with zero attached hydrogens (tertiary/aromatic N) is 2. The lowest BCUT2D eigenvalue weighted by molar-refractivity contribution is 0.594. The Labute approximate surface area is 149 Å². The van der Waals surface area contributed by atoms with Crippen molar-refractivity contribution in [2.24, 2.45) is 0 Å². The minimum absolute atomic E-state index is 0.0270. The lowest BCUT2D eigenvalue weighted by Gasteiger charge is -2.48. The third-order valence-corrected chi connectivity index (χ3v) is 6.10. The number of benzene rings is 2. The molecule has 3 heterocycles. The summed E-state index contributed by atoms with van der Waals surface area (Å²) in [5.41, 5.74) is 7.89. The number of pyridine rings is 1. The van der Waals surface area contributed by atoms with Crippen LogP contribution in [0, 0.1) is 0 Å². The Bertz CT molecular complexity index is 936. The van der Waals surface area contributed by atoms with Crippen molar-refractivity contribution in [1.82, 2.24) is 4.98 Å². The molecule has 5 rings (SSSR count). The summed E-state index contributed by atoms with van der Waals surface area (Å²) in [7, 11) is 0. The zero-order chi connectivity index (χ0) is 17.4. The molecular weight excluding hydrogens is 304 g/mol. The lowest BCUT2D eigenvalue weighted by atomic mass is 9.67. The Balaban J connectivity index is 1.97. The van der Waals surface area contributed by atoms with Crippen molar-refractivity contribution in [3.63, 3.8) is 0 Å². The summed E-state index contributed by atoms with van der Waals surface area (Å²) in [4.78, 5) is 7.19. The number of rotatable bonds is 0. The first-order chi connectivity index (χ1) is 11.9. The monoisotopic (exact) mass is 326 g/mol. The maximum absolute atomic E-state index is 4.81. The molecule has 25 heavy (non-hydrogen) atoms. The molecule has 0 spiro atoms. The smallest absolute Gasteiger partial charge is 0.141 e. The fourth-order valence-corrected chi connectivity index (χ4v) is 4.68. The molecule has 0 amide bonds. The lowest BCUT2D eigenvalue weighted by Crippen LogP contribution is -2.38. The van der Waals surface area contributed by atoms with Crippen molar-refractivity contribution < 1.29 is 0 Å². The second-order valence-electron chi connectivity index (χ2n) is 8.18. The van der Waals surface area contributed by atoms with Gasteiger partial charge in [-0.25, -0.2) is 4.98 Å². The van der Waals surface area contributed by atoms with E-state index in [0.717, 1.165) is 5.82 Å². The second kappa shape index (κ2) is 4.51. The summed E-state index contributed by atoms with van der Waals surface area (Å²) in [5.74, 6) is 1.07. The standard InChI is InChI=1S/C23H22N2/c1-22(2)15-9-5-6-13-19(15)25-20-16(22)10-7-11-17(20)23(3,4)18-12-8-14-24-21(18)25/h5-14H,1-4H3. The highest BCUT2D eigenvalue weighted by atomic mass is 15.2. The van der Waals surface area contributed by atoms with E-state index in [0.29, 0.717) is 0 Å². The highest BCUT2D eigenvalue weighted by Crippen LogP contribution is 2.58. The maximum Gasteiger partial charge on any atom is 0.141 e. The van der Waals surface area contributed by atoms with Crippen LogP contribution in [0.2, 0.25) is 0 Å². The molecule has 2 aromatic carbocycles. The van der Waals surface area contributed by atoms with Crippen LogP contribution < -0.4 is 4.90 Å². The Kier molecular flexibility index (Phi) is 2.66. The molecule has 2 aliphatic rings. The average molecular weight is 326 g/mol. The Morgan fingerprint density at radius 1 is 0.680 bits per heavy atom. The molecular formula is C23H22N2. The van der Waals surface area contributed by atoms with Gasteiger partial charge < -0.3 is 0 Å². The minimum Gasteiger partial charge on any atom is -0.294 e. The first kappa shape index (κ1) is 14.7. The molecule has 2 nitrogen and oxygen atoms in total. The third kappa shape index (κ3) is 1.67. The topological polar surface area (TPSA) is 16.1 Å². The van der Waals surface area contributed by atoms with Crippen molar-refractivity contribution in [3.05, 3.63) is 83.0 Å². The number of para-hydroxylation sites is 2. The highest BCUT2D eigenvalue weighted by Gasteiger charge is 2.45. The summed E-state index contributed by atoms with van der Waals surface area (Å²) >= 11 is 0. The SMILES string of the molecule is CC1(C)c2ccccc2N2c3ncccc3C(C)(C)c3cccc1c32. The van der Waals surface area contributed by atoms with Crippen LogP contribution in [0.4, 0.5) is 17.2 Å². The van der Waals surface area contributed by atoms with Gasteiger partial charge in [0.1, 0.15) is 5.82 Å². The Morgan fingerprint density at radius 3 is 2.04 bits per heavy atom. The number of anilines is 3. The molecule has 2 heteroatoms. The van der Waals surface area contributed by atoms with Crippen molar-refractivity contribution in [2.45, 2.75) is 38.5 Å². The zero-order valence-corrected chi connectivity index (χ0v) is 15.2. The molecule has 3 aromatic rings. The largest absolute Gasteiger partial charge is 0.294 e. The quantitative estimate of drug-likeness (QED) is 0.516. The molecule has 0 unspecified atom stereocenters. The van der Waals surface area contributed by atoms with Crippen LogP contribution in [0.15, 0.2) is 60.8 Å². The van der Waals surface area contributed by atoms with E-state index in [-0.39, 0.29) is 10.8 Å². The molecule has 0 radical (unpaired) electrons. The van der Waals surface area contributed by atoms with Gasteiger partial charge >= 0.3 is 0 Å². The van der Waals surface area contributed by atoms with Gasteiger partial charge in [-0.1, -0.05) is 70.2 Å². The van der Waals surface area contributed by atoms with Gasteiger partial charge in [-0.3, -0.25) is 4.90 Å². The van der Waals surface area contributed by atoms with E-state index < -0.39 is 0 Å². The summed E-state index contributed by atoms with van der Waals surface area (Å²) in [6, 6.07) is 19.8. The van der Waals surface area contributed by atoms with Gasteiger partial charge in [-0.05, 0) is 28.8 Å². The summed E-state index contributed by atoms with van der Waals surface area (Å²) < 4.78 is 0. The Hall–Kier alpha value is -2.61. The van der Waals surface area contributed by atoms with Crippen LogP contribution in [-0.4, -0.2) is 4.98 Å². The van der Waals surface area contributed by atoms with Crippen molar-refractivity contribution in [1.29, 1.82) is 0 Å². The molecule has 1 aromatic heterocycles. The molecule has 124 valence electrons. The van der Waals surface area contributed by atoms with Gasteiger partial charge in [0, 0.05) is 22.6 Å². The normalized spacial score (nSPS) is 18.2. The third-order valence-electron chi connectivity index (χ3n) is 6.10. The van der Waals surface area contributed by atoms with Gasteiger partial charge in [0.25, 0.3) is 0 Å². The van der Waals surface area contributed by atoms with Crippen LogP contribution in [0.1, 0.15) is 49.9 Å². The van der Waals surface area contributed by atoms with Crippen LogP contribution in [0.25, 0.3) is 0 Å². The molecule has 0 fully saturated rings. The fraction of sp³-hybridized carbons (Fsp3) is 0.261. The predicted molar refractivity (Wildman–Crippen MR) is 103 cm³/mol. The first-order valence-corrected chi connectivity index (χ1v) is 8.93. The van der Waals surface area contributed by atoms with Crippen molar-refractivity contribution in [3.8, 4) is 0 Å². The molecule has 0 bridgehead atoms. The number of fused-ring (bicyclic) bond motifs is 4. The maximum atomic E-state index is 4.81. The van der Waals surface area contributed by atoms with Gasteiger partial charge in [0.15, 0.2) is 0 Å². The van der Waals surface area contributed by atoms with Crippen molar-refractivity contribution in [2.75, 3.05) is 4.90 Å². The van der Waals surface area contributed by atoms with Gasteiger partial charge in [0.2, 0.25) is 0 Å². The molecule has 0 N–H and O–H groups in total. The van der Waals surface area contributed by atoms with Crippen molar-refractivity contribution >= 4 is 17.2 Å². The predicted octanol–water partition coefficient (Wildman–Crippen LogP) is 5.83. The van der Waals surface area contributed by atoms with Crippen LogP contribution in [-0.2, 0) is 10.8 Å². The summed E-state index contributed by atoms with van der Waals surface area (Å²) in [6.45, 7) is 9.29. The van der Waals surface area contributed by atoms with Crippen LogP contribution >= 0.6 is 0 Å². The summed E-state index contributed by atoms with van der Waals surface area (Å²) in [5, 5.41) is 0. The second-order valence-corrected chi connectivity index (χ2v) is 8.18. The van der Waals surface area contributed by atoms with E-state index in [2.05, 4.69) is 87.2 Å². The van der Waals surface area contributed by atoms with Gasteiger partial charge in [-0.15, -0.1) is 0 Å². The number of hydrogen-bond donors (Lipinski definition) is 0. The van der Waals surface area contributed by atoms with Gasteiger partial charge in [0.05, 0.1) is 11.4 Å². The molecule has 0 saturated carbocycles.